The molecular formula is C19H20N4OS2. The molecule has 1 N–H and O–H groups in total. The number of hydrogen-bond acceptors (Lipinski definition) is 6. The molecule has 3 fully saturated rings. The molecule has 134 valence electrons. The zero-order valence-electron chi connectivity index (χ0n) is 14.5. The fourth-order valence-corrected chi connectivity index (χ4v) is 5.41. The molecule has 0 saturated carbocycles. The number of aromatic nitrogens is 1. The molecule has 0 spiro atoms. The highest BCUT2D eigenvalue weighted by atomic mass is 32.2. The molecule has 2 atom stereocenters. The first-order valence-electron chi connectivity index (χ1n) is 8.83. The van der Waals surface area contributed by atoms with Crippen LogP contribution in [0.15, 0.2) is 40.3 Å². The van der Waals surface area contributed by atoms with Crippen molar-refractivity contribution in [2.24, 2.45) is 5.92 Å². The molecule has 0 aliphatic carbocycles. The maximum Gasteiger partial charge on any atom is 0.251 e. The minimum Gasteiger partial charge on any atom is -0.347 e. The Morgan fingerprint density at radius 1 is 1.35 bits per heavy atom. The third-order valence-electron chi connectivity index (χ3n) is 5.41. The number of carbonyl (C=O) groups excluding carboxylic acids is 1. The molecular weight excluding hydrogens is 364 g/mol. The molecule has 1 aromatic heterocycles. The van der Waals surface area contributed by atoms with Crippen molar-refractivity contribution in [3.63, 3.8) is 0 Å². The van der Waals surface area contributed by atoms with Gasteiger partial charge in [-0.15, -0.1) is 0 Å². The molecule has 0 radical (unpaired) electrons. The van der Waals surface area contributed by atoms with Gasteiger partial charge in [0.1, 0.15) is 16.0 Å². The van der Waals surface area contributed by atoms with Crippen molar-refractivity contribution < 1.29 is 4.79 Å². The van der Waals surface area contributed by atoms with Gasteiger partial charge < -0.3 is 5.32 Å². The van der Waals surface area contributed by atoms with Crippen LogP contribution in [0.25, 0.3) is 0 Å². The molecule has 1 aromatic carbocycles. The van der Waals surface area contributed by atoms with E-state index in [1.54, 1.807) is 6.07 Å². The van der Waals surface area contributed by atoms with Crippen molar-refractivity contribution in [3.8, 4) is 6.07 Å². The fourth-order valence-electron chi connectivity index (χ4n) is 3.93. The topological polar surface area (TPSA) is 69.0 Å². The van der Waals surface area contributed by atoms with E-state index in [1.165, 1.54) is 36.1 Å². The first-order chi connectivity index (χ1) is 12.6. The van der Waals surface area contributed by atoms with Gasteiger partial charge in [0.2, 0.25) is 0 Å². The predicted octanol–water partition coefficient (Wildman–Crippen LogP) is 3.38. The van der Waals surface area contributed by atoms with E-state index in [9.17, 15) is 4.79 Å². The number of fused-ring (bicyclic) bond motifs is 3. The molecule has 2 bridgehead atoms. The maximum atomic E-state index is 12.7. The Morgan fingerprint density at radius 2 is 2.08 bits per heavy atom. The van der Waals surface area contributed by atoms with Crippen molar-refractivity contribution in [1.82, 2.24) is 14.6 Å². The summed E-state index contributed by atoms with van der Waals surface area (Å²) in [7, 11) is 0. The van der Waals surface area contributed by atoms with Crippen molar-refractivity contribution in [2.45, 2.75) is 41.8 Å². The van der Waals surface area contributed by atoms with Crippen LogP contribution in [0.3, 0.4) is 0 Å². The normalized spacial score (nSPS) is 27.1. The highest BCUT2D eigenvalue weighted by Crippen LogP contribution is 2.32. The number of nitrogens with one attached hydrogen (secondary N) is 1. The quantitative estimate of drug-likeness (QED) is 0.875. The number of piperidine rings is 3. The van der Waals surface area contributed by atoms with Crippen molar-refractivity contribution in [2.75, 3.05) is 13.1 Å². The summed E-state index contributed by atoms with van der Waals surface area (Å²) in [6.07, 6.45) is 2.37. The average molecular weight is 385 g/mol. The lowest BCUT2D eigenvalue weighted by atomic mass is 9.79. The number of rotatable bonds is 4. The summed E-state index contributed by atoms with van der Waals surface area (Å²) in [4.78, 5) is 16.8. The molecule has 26 heavy (non-hydrogen) atoms. The Balaban J connectivity index is 1.40. The van der Waals surface area contributed by atoms with E-state index in [0.29, 0.717) is 22.4 Å². The molecule has 3 saturated heterocycles. The Bertz CT molecular complexity index is 832. The van der Waals surface area contributed by atoms with Gasteiger partial charge in [-0.3, -0.25) is 9.69 Å². The minimum atomic E-state index is 0.00701. The van der Waals surface area contributed by atoms with Gasteiger partial charge in [-0.1, -0.05) is 11.8 Å². The third kappa shape index (κ3) is 3.50. The number of benzene rings is 1. The summed E-state index contributed by atoms with van der Waals surface area (Å²) in [6, 6.07) is 12.1. The SMILES string of the molecule is C[C@H]1[C@H](NC(=O)c2ccc(Sc3cc(C#N)sn3)cc2)C2CCN1CC2. The third-order valence-corrected chi connectivity index (χ3v) is 7.15. The lowest BCUT2D eigenvalue weighted by Gasteiger charge is -2.49. The second-order valence-corrected chi connectivity index (χ2v) is 8.78. The largest absolute Gasteiger partial charge is 0.347 e. The minimum absolute atomic E-state index is 0.00701. The monoisotopic (exact) mass is 384 g/mol. The van der Waals surface area contributed by atoms with Gasteiger partial charge in [-0.25, -0.2) is 0 Å². The van der Waals surface area contributed by atoms with Gasteiger partial charge in [0.05, 0.1) is 0 Å². The van der Waals surface area contributed by atoms with Crippen LogP contribution < -0.4 is 5.32 Å². The molecule has 5 nitrogen and oxygen atoms in total. The van der Waals surface area contributed by atoms with E-state index < -0.39 is 0 Å². The van der Waals surface area contributed by atoms with Crippen LogP contribution in [0.2, 0.25) is 0 Å². The Kier molecular flexibility index (Phi) is 4.98. The summed E-state index contributed by atoms with van der Waals surface area (Å²) in [5.41, 5.74) is 0.689. The lowest BCUT2D eigenvalue weighted by molar-refractivity contribution is 0.0217. The Hall–Kier alpha value is -1.88. The molecule has 4 heterocycles. The van der Waals surface area contributed by atoms with Crippen molar-refractivity contribution >= 4 is 29.2 Å². The number of carbonyl (C=O) groups is 1. The molecule has 3 aliphatic rings. The average Bonchev–Trinajstić information content (AvgIpc) is 3.13. The highest BCUT2D eigenvalue weighted by Gasteiger charge is 2.40. The Morgan fingerprint density at radius 3 is 2.69 bits per heavy atom. The smallest absolute Gasteiger partial charge is 0.251 e. The van der Waals surface area contributed by atoms with Crippen LogP contribution >= 0.6 is 23.3 Å². The highest BCUT2D eigenvalue weighted by molar-refractivity contribution is 7.99. The van der Waals surface area contributed by atoms with Crippen LogP contribution in [-0.4, -0.2) is 40.4 Å². The van der Waals surface area contributed by atoms with E-state index in [-0.39, 0.29) is 11.9 Å². The van der Waals surface area contributed by atoms with Crippen LogP contribution in [0.1, 0.15) is 35.0 Å². The van der Waals surface area contributed by atoms with E-state index in [0.717, 1.165) is 23.0 Å². The fraction of sp³-hybridized carbons (Fsp3) is 0.421. The van der Waals surface area contributed by atoms with Gasteiger partial charge in [0, 0.05) is 28.6 Å². The van der Waals surface area contributed by atoms with Gasteiger partial charge in [0.15, 0.2) is 0 Å². The zero-order chi connectivity index (χ0) is 18.1. The predicted molar refractivity (Wildman–Crippen MR) is 102 cm³/mol. The van der Waals surface area contributed by atoms with Crippen molar-refractivity contribution in [1.29, 1.82) is 5.26 Å². The number of nitrogens with zero attached hydrogens (tertiary/aromatic N) is 3. The van der Waals surface area contributed by atoms with E-state index >= 15 is 0 Å². The molecule has 7 heteroatoms. The van der Waals surface area contributed by atoms with Crippen LogP contribution in [0.4, 0.5) is 0 Å². The molecule has 2 aromatic rings. The standard InChI is InChI=1S/C19H20N4OS2/c1-12-18(13-6-8-23(12)9-7-13)21-19(24)14-2-4-15(5-3-14)25-17-10-16(11-20)26-22-17/h2-5,10,12-13,18H,6-9H2,1H3,(H,21,24)/t12-,18-/m0/s1. The van der Waals surface area contributed by atoms with Gasteiger partial charge in [-0.2, -0.15) is 9.64 Å². The maximum absolute atomic E-state index is 12.7. The summed E-state index contributed by atoms with van der Waals surface area (Å²) in [5, 5.41) is 12.9. The summed E-state index contributed by atoms with van der Waals surface area (Å²) in [6.45, 7) is 4.54. The van der Waals surface area contributed by atoms with Crippen LogP contribution in [0.5, 0.6) is 0 Å². The second kappa shape index (κ2) is 7.39. The first kappa shape index (κ1) is 17.5. The first-order valence-corrected chi connectivity index (χ1v) is 10.4. The molecule has 0 unspecified atom stereocenters. The van der Waals surface area contributed by atoms with Crippen molar-refractivity contribution in [3.05, 3.63) is 40.8 Å². The second-order valence-electron chi connectivity index (χ2n) is 6.88. The number of nitriles is 1. The number of hydrogen-bond donors (Lipinski definition) is 1. The van der Waals surface area contributed by atoms with E-state index in [2.05, 4.69) is 27.6 Å². The Labute approximate surface area is 161 Å². The zero-order valence-corrected chi connectivity index (χ0v) is 16.1. The summed E-state index contributed by atoms with van der Waals surface area (Å²) >= 11 is 2.70. The summed E-state index contributed by atoms with van der Waals surface area (Å²) in [5.74, 6) is 0.611. The number of amides is 1. The van der Waals surface area contributed by atoms with E-state index in [4.69, 9.17) is 5.26 Å². The van der Waals surface area contributed by atoms with Crippen LogP contribution in [0, 0.1) is 17.2 Å². The van der Waals surface area contributed by atoms with E-state index in [1.807, 2.05) is 24.3 Å². The summed E-state index contributed by atoms with van der Waals surface area (Å²) < 4.78 is 4.25. The molecule has 1 amide bonds. The van der Waals surface area contributed by atoms with Gasteiger partial charge in [0.25, 0.3) is 5.91 Å². The van der Waals surface area contributed by atoms with Crippen LogP contribution in [-0.2, 0) is 0 Å². The lowest BCUT2D eigenvalue weighted by Crippen LogP contribution is -2.62. The van der Waals surface area contributed by atoms with Gasteiger partial charge in [-0.05, 0) is 74.6 Å². The molecule has 5 rings (SSSR count). The molecule has 3 aliphatic heterocycles. The van der Waals surface area contributed by atoms with Gasteiger partial charge >= 0.3 is 0 Å².